The van der Waals surface area contributed by atoms with Crippen LogP contribution >= 0.6 is 31.9 Å². The van der Waals surface area contributed by atoms with Gasteiger partial charge in [0.15, 0.2) is 0 Å². The Bertz CT molecular complexity index is 646. The van der Waals surface area contributed by atoms with Crippen molar-refractivity contribution in [2.45, 2.75) is 12.2 Å². The Morgan fingerprint density at radius 2 is 1.81 bits per heavy atom. The molecule has 1 saturated heterocycles. The molecular formula is C14H11Br2NO4. The number of rotatable bonds is 3. The van der Waals surface area contributed by atoms with Crippen LogP contribution < -0.4 is 5.32 Å². The average molecular weight is 417 g/mol. The highest BCUT2D eigenvalue weighted by Gasteiger charge is 2.53. The molecule has 2 aliphatic rings. The number of carboxylic acid groups (broad SMARTS) is 1. The summed E-state index contributed by atoms with van der Waals surface area (Å²) in [6.07, 6.45) is 2.48. The first-order valence-corrected chi connectivity index (χ1v) is 7.88. The summed E-state index contributed by atoms with van der Waals surface area (Å²) in [4.78, 5) is 23.8. The lowest BCUT2D eigenvalue weighted by Gasteiger charge is -2.21. The summed E-state index contributed by atoms with van der Waals surface area (Å²) in [5.41, 5.74) is 0.596. The zero-order chi connectivity index (χ0) is 15.1. The fourth-order valence-corrected chi connectivity index (χ4v) is 3.87. The van der Waals surface area contributed by atoms with Gasteiger partial charge >= 0.3 is 5.97 Å². The number of anilines is 1. The van der Waals surface area contributed by atoms with E-state index < -0.39 is 30.0 Å². The number of carbonyl (C=O) groups excluding carboxylic acids is 1. The van der Waals surface area contributed by atoms with Crippen molar-refractivity contribution in [1.29, 1.82) is 0 Å². The summed E-state index contributed by atoms with van der Waals surface area (Å²) in [5, 5.41) is 12.1. The lowest BCUT2D eigenvalue weighted by molar-refractivity contribution is -0.145. The normalized spacial score (nSPS) is 29.6. The highest BCUT2D eigenvalue weighted by atomic mass is 79.9. The minimum absolute atomic E-state index is 0.345. The molecule has 1 aromatic carbocycles. The summed E-state index contributed by atoms with van der Waals surface area (Å²) >= 11 is 6.70. The van der Waals surface area contributed by atoms with Gasteiger partial charge in [-0.3, -0.25) is 9.59 Å². The Morgan fingerprint density at radius 3 is 2.43 bits per heavy atom. The number of hydrogen-bond acceptors (Lipinski definition) is 3. The maximum atomic E-state index is 12.4. The van der Waals surface area contributed by atoms with Gasteiger partial charge in [0, 0.05) is 8.95 Å². The molecule has 4 atom stereocenters. The van der Waals surface area contributed by atoms with Crippen LogP contribution in [0, 0.1) is 11.8 Å². The largest absolute Gasteiger partial charge is 0.481 e. The van der Waals surface area contributed by atoms with Crippen LogP contribution in [0.4, 0.5) is 5.69 Å². The number of fused-ring (bicyclic) bond motifs is 2. The Morgan fingerprint density at radius 1 is 1.14 bits per heavy atom. The molecule has 0 radical (unpaired) electrons. The Labute approximate surface area is 137 Å². The van der Waals surface area contributed by atoms with Gasteiger partial charge in [-0.2, -0.15) is 0 Å². The third-order valence-corrected chi connectivity index (χ3v) is 4.83. The molecular weight excluding hydrogens is 406 g/mol. The molecule has 1 fully saturated rings. The number of hydrogen-bond donors (Lipinski definition) is 2. The fourth-order valence-electron chi connectivity index (χ4n) is 2.72. The van der Waals surface area contributed by atoms with Crippen LogP contribution in [0.1, 0.15) is 0 Å². The zero-order valence-corrected chi connectivity index (χ0v) is 13.8. The number of carboxylic acids is 1. The predicted molar refractivity (Wildman–Crippen MR) is 82.9 cm³/mol. The van der Waals surface area contributed by atoms with Gasteiger partial charge in [0.2, 0.25) is 5.91 Å². The van der Waals surface area contributed by atoms with Crippen molar-refractivity contribution >= 4 is 49.4 Å². The molecule has 21 heavy (non-hydrogen) atoms. The number of amides is 1. The van der Waals surface area contributed by atoms with E-state index >= 15 is 0 Å². The lowest BCUT2D eigenvalue weighted by Crippen LogP contribution is -2.39. The quantitative estimate of drug-likeness (QED) is 0.743. The third-order valence-electron chi connectivity index (χ3n) is 3.68. The van der Waals surface area contributed by atoms with Crippen molar-refractivity contribution in [2.24, 2.45) is 11.8 Å². The Kier molecular flexibility index (Phi) is 3.90. The lowest BCUT2D eigenvalue weighted by atomic mass is 9.82. The monoisotopic (exact) mass is 415 g/mol. The first-order valence-electron chi connectivity index (χ1n) is 6.30. The van der Waals surface area contributed by atoms with E-state index in [2.05, 4.69) is 37.2 Å². The van der Waals surface area contributed by atoms with Crippen molar-refractivity contribution in [2.75, 3.05) is 5.32 Å². The smallest absolute Gasteiger partial charge is 0.310 e. The van der Waals surface area contributed by atoms with Crippen molar-refractivity contribution in [3.8, 4) is 0 Å². The molecule has 7 heteroatoms. The molecule has 0 aromatic heterocycles. The molecule has 5 nitrogen and oxygen atoms in total. The first-order chi connectivity index (χ1) is 9.97. The number of halogens is 2. The zero-order valence-electron chi connectivity index (χ0n) is 10.6. The number of aliphatic carboxylic acids is 1. The van der Waals surface area contributed by atoms with Crippen LogP contribution in [0.15, 0.2) is 39.3 Å². The molecule has 2 bridgehead atoms. The van der Waals surface area contributed by atoms with Crippen LogP contribution in [0.25, 0.3) is 0 Å². The van der Waals surface area contributed by atoms with Crippen LogP contribution in [-0.4, -0.2) is 29.2 Å². The maximum absolute atomic E-state index is 12.4. The van der Waals surface area contributed by atoms with Gasteiger partial charge in [-0.05, 0) is 34.1 Å². The van der Waals surface area contributed by atoms with E-state index in [9.17, 15) is 14.7 Å². The first kappa shape index (κ1) is 14.7. The predicted octanol–water partition coefficient (Wildman–Crippen LogP) is 2.80. The highest BCUT2D eigenvalue weighted by molar-refractivity contribution is 9.11. The van der Waals surface area contributed by atoms with E-state index in [-0.39, 0.29) is 5.91 Å². The van der Waals surface area contributed by atoms with Crippen LogP contribution in [0.5, 0.6) is 0 Å². The van der Waals surface area contributed by atoms with Crippen LogP contribution in [0.3, 0.4) is 0 Å². The van der Waals surface area contributed by atoms with Crippen molar-refractivity contribution in [3.63, 3.8) is 0 Å². The minimum Gasteiger partial charge on any atom is -0.481 e. The molecule has 110 valence electrons. The van der Waals surface area contributed by atoms with Crippen molar-refractivity contribution < 1.29 is 19.4 Å². The number of carbonyl (C=O) groups is 2. The van der Waals surface area contributed by atoms with Gasteiger partial charge in [0.1, 0.15) is 5.92 Å². The van der Waals surface area contributed by atoms with E-state index in [0.717, 1.165) is 8.95 Å². The molecule has 3 rings (SSSR count). The molecule has 1 aromatic rings. The van der Waals surface area contributed by atoms with Gasteiger partial charge < -0.3 is 15.2 Å². The molecule has 0 saturated carbocycles. The molecule has 2 N–H and O–H groups in total. The second-order valence-corrected chi connectivity index (χ2v) is 6.72. The highest BCUT2D eigenvalue weighted by Crippen LogP contribution is 2.40. The summed E-state index contributed by atoms with van der Waals surface area (Å²) < 4.78 is 7.09. The Hall–Kier alpha value is -1.18. The molecule has 1 amide bonds. The van der Waals surface area contributed by atoms with Crippen LogP contribution in [0.2, 0.25) is 0 Å². The van der Waals surface area contributed by atoms with E-state index in [1.165, 1.54) is 0 Å². The number of nitrogens with one attached hydrogen (secondary N) is 1. The van der Waals surface area contributed by atoms with E-state index in [1.54, 1.807) is 24.3 Å². The summed E-state index contributed by atoms with van der Waals surface area (Å²) in [5.74, 6) is -2.91. The van der Waals surface area contributed by atoms with Gasteiger partial charge in [-0.1, -0.05) is 28.1 Å². The van der Waals surface area contributed by atoms with Gasteiger partial charge in [0.25, 0.3) is 0 Å². The summed E-state index contributed by atoms with van der Waals surface area (Å²) in [7, 11) is 0. The molecule has 2 heterocycles. The molecule has 0 unspecified atom stereocenters. The van der Waals surface area contributed by atoms with E-state index in [1.807, 2.05) is 6.07 Å². The Balaban J connectivity index is 1.82. The minimum atomic E-state index is -1.01. The fraction of sp³-hybridized carbons (Fsp3) is 0.286. The standard InChI is InChI=1S/C14H11Br2NO4/c15-6-1-2-8(7(16)5-6)17-13(18)11-9-3-4-10(21-9)12(11)14(19)20/h1-5,9-12H,(H,17,18)(H,19,20)/t9-,10-,11-,12-/m1/s1. The van der Waals surface area contributed by atoms with E-state index in [0.29, 0.717) is 5.69 Å². The van der Waals surface area contributed by atoms with Crippen molar-refractivity contribution in [1.82, 2.24) is 0 Å². The second kappa shape index (κ2) is 5.55. The summed E-state index contributed by atoms with van der Waals surface area (Å²) in [6, 6.07) is 5.35. The second-order valence-electron chi connectivity index (χ2n) is 4.95. The van der Waals surface area contributed by atoms with Crippen molar-refractivity contribution in [3.05, 3.63) is 39.3 Å². The van der Waals surface area contributed by atoms with Gasteiger partial charge in [-0.25, -0.2) is 0 Å². The third kappa shape index (κ3) is 2.65. The molecule has 2 aliphatic heterocycles. The SMILES string of the molecule is O=C(O)[C@H]1[C@H](C(=O)Nc2ccc(Br)cc2Br)[C@H]2C=C[C@H]1O2. The maximum Gasteiger partial charge on any atom is 0.310 e. The number of ether oxygens (including phenoxy) is 1. The van der Waals surface area contributed by atoms with E-state index in [4.69, 9.17) is 4.74 Å². The van der Waals surface area contributed by atoms with Crippen LogP contribution in [-0.2, 0) is 14.3 Å². The molecule has 0 aliphatic carbocycles. The summed E-state index contributed by atoms with van der Waals surface area (Å²) in [6.45, 7) is 0. The molecule has 0 spiro atoms. The van der Waals surface area contributed by atoms with Gasteiger partial charge in [-0.15, -0.1) is 0 Å². The average Bonchev–Trinajstić information content (AvgIpc) is 3.02. The topological polar surface area (TPSA) is 75.6 Å². The number of benzene rings is 1. The van der Waals surface area contributed by atoms with Gasteiger partial charge in [0.05, 0.1) is 23.8 Å².